The number of aliphatic hydroxyl groups is 1. The van der Waals surface area contributed by atoms with Gasteiger partial charge in [0.25, 0.3) is 5.91 Å². The third kappa shape index (κ3) is 5.27. The predicted octanol–water partition coefficient (Wildman–Crippen LogP) is 4.61. The topological polar surface area (TPSA) is 112 Å². The normalized spacial score (nSPS) is 19.7. The number of aliphatic hydroxyl groups excluding tert-OH is 1. The van der Waals surface area contributed by atoms with Crippen LogP contribution < -0.4 is 24.3 Å². The van der Waals surface area contributed by atoms with Crippen molar-refractivity contribution < 1.29 is 28.8 Å². The molecule has 0 radical (unpaired) electrons. The van der Waals surface area contributed by atoms with Crippen molar-refractivity contribution in [3.63, 3.8) is 0 Å². The van der Waals surface area contributed by atoms with Crippen LogP contribution in [0.5, 0.6) is 23.3 Å². The van der Waals surface area contributed by atoms with Crippen molar-refractivity contribution in [1.29, 1.82) is 0 Å². The molecule has 0 saturated heterocycles. The summed E-state index contributed by atoms with van der Waals surface area (Å²) in [6, 6.07) is 14.9. The number of carbonyl (C=O) groups is 1. The number of hydrogen-bond donors (Lipinski definition) is 2. The second-order valence-corrected chi connectivity index (χ2v) is 9.59. The Balaban J connectivity index is 1.51. The SMILES string of the molecule is CCOc1cc2c(cc1OC)C(c1cccc(NC(=O)c3ccc(OC)nc3OC)c1)=NC1CCC(O)CC21. The third-order valence-electron chi connectivity index (χ3n) is 7.25. The number of fused-ring (bicyclic) bond motifs is 3. The molecule has 2 heterocycles. The highest BCUT2D eigenvalue weighted by atomic mass is 16.5. The molecule has 3 aromatic rings. The van der Waals surface area contributed by atoms with Crippen molar-refractivity contribution in [3.05, 3.63) is 70.8 Å². The van der Waals surface area contributed by atoms with E-state index in [2.05, 4.69) is 10.3 Å². The Morgan fingerprint density at radius 2 is 1.87 bits per heavy atom. The highest BCUT2D eigenvalue weighted by Crippen LogP contribution is 2.45. The van der Waals surface area contributed by atoms with E-state index in [1.165, 1.54) is 14.2 Å². The van der Waals surface area contributed by atoms with Gasteiger partial charge in [-0.1, -0.05) is 12.1 Å². The number of amides is 1. The molecule has 0 spiro atoms. The van der Waals surface area contributed by atoms with E-state index in [0.717, 1.165) is 35.2 Å². The van der Waals surface area contributed by atoms with Crippen molar-refractivity contribution >= 4 is 17.3 Å². The van der Waals surface area contributed by atoms with Crippen molar-refractivity contribution in [1.82, 2.24) is 4.98 Å². The Morgan fingerprint density at radius 3 is 2.62 bits per heavy atom. The lowest BCUT2D eigenvalue weighted by Crippen LogP contribution is -2.34. The fourth-order valence-electron chi connectivity index (χ4n) is 5.41. The van der Waals surface area contributed by atoms with Crippen LogP contribution in [0.3, 0.4) is 0 Å². The number of pyridine rings is 1. The van der Waals surface area contributed by atoms with Crippen LogP contribution in [-0.2, 0) is 0 Å². The number of carbonyl (C=O) groups excluding carboxylic acids is 1. The molecule has 1 amide bonds. The fraction of sp³-hybridized carbons (Fsp3) is 0.367. The standard InChI is InChI=1S/C30H33N3O6/c1-5-39-26-15-21-22-14-19(34)9-11-24(22)32-28(23(21)16-25(26)36-2)17-7-6-8-18(13-17)31-29(35)20-10-12-27(37-3)33-30(20)38-4/h6-8,10,12-13,15-16,19,22,24,34H,5,9,11,14H2,1-4H3,(H,31,35). The summed E-state index contributed by atoms with van der Waals surface area (Å²) in [4.78, 5) is 22.5. The average Bonchev–Trinajstić information content (AvgIpc) is 2.96. The van der Waals surface area contributed by atoms with E-state index in [4.69, 9.17) is 23.9 Å². The number of nitrogens with one attached hydrogen (secondary N) is 1. The number of methoxy groups -OCH3 is 3. The van der Waals surface area contributed by atoms with Crippen LogP contribution >= 0.6 is 0 Å². The van der Waals surface area contributed by atoms with Crippen molar-refractivity contribution in [3.8, 4) is 23.3 Å². The van der Waals surface area contributed by atoms with Gasteiger partial charge in [-0.15, -0.1) is 0 Å². The first-order valence-electron chi connectivity index (χ1n) is 13.1. The molecule has 9 nitrogen and oxygen atoms in total. The van der Waals surface area contributed by atoms with Crippen LogP contribution in [0.4, 0.5) is 5.69 Å². The molecule has 3 atom stereocenters. The number of nitrogens with zero attached hydrogens (tertiary/aromatic N) is 2. The van der Waals surface area contributed by atoms with E-state index in [-0.39, 0.29) is 29.9 Å². The molecule has 1 fully saturated rings. The van der Waals surface area contributed by atoms with Gasteiger partial charge in [-0.2, -0.15) is 4.98 Å². The Bertz CT molecular complexity index is 1410. The minimum Gasteiger partial charge on any atom is -0.493 e. The summed E-state index contributed by atoms with van der Waals surface area (Å²) in [6.45, 7) is 2.46. The van der Waals surface area contributed by atoms with Crippen molar-refractivity contribution in [2.24, 2.45) is 4.99 Å². The molecule has 1 aliphatic carbocycles. The van der Waals surface area contributed by atoms with Crippen LogP contribution in [0.25, 0.3) is 0 Å². The molecule has 0 bridgehead atoms. The monoisotopic (exact) mass is 531 g/mol. The van der Waals surface area contributed by atoms with Gasteiger partial charge in [-0.05, 0) is 62.1 Å². The van der Waals surface area contributed by atoms with Crippen LogP contribution in [0.2, 0.25) is 0 Å². The second kappa shape index (κ2) is 11.3. The van der Waals surface area contributed by atoms with Gasteiger partial charge in [0.1, 0.15) is 5.56 Å². The molecule has 2 aliphatic rings. The molecule has 5 rings (SSSR count). The highest BCUT2D eigenvalue weighted by Gasteiger charge is 2.37. The maximum atomic E-state index is 13.1. The highest BCUT2D eigenvalue weighted by molar-refractivity contribution is 6.16. The minimum atomic E-state index is -0.352. The maximum Gasteiger partial charge on any atom is 0.261 e. The summed E-state index contributed by atoms with van der Waals surface area (Å²) in [5, 5.41) is 13.4. The summed E-state index contributed by atoms with van der Waals surface area (Å²) in [7, 11) is 4.58. The smallest absolute Gasteiger partial charge is 0.261 e. The van der Waals surface area contributed by atoms with Gasteiger partial charge in [0.15, 0.2) is 11.5 Å². The van der Waals surface area contributed by atoms with Gasteiger partial charge >= 0.3 is 0 Å². The molecule has 9 heteroatoms. The maximum absolute atomic E-state index is 13.1. The van der Waals surface area contributed by atoms with Gasteiger partial charge in [-0.25, -0.2) is 0 Å². The Kier molecular flexibility index (Phi) is 7.70. The van der Waals surface area contributed by atoms with Crippen LogP contribution in [-0.4, -0.2) is 61.8 Å². The summed E-state index contributed by atoms with van der Waals surface area (Å²) in [5.74, 6) is 1.58. The second-order valence-electron chi connectivity index (χ2n) is 9.59. The van der Waals surface area contributed by atoms with Gasteiger partial charge < -0.3 is 29.4 Å². The van der Waals surface area contributed by atoms with Gasteiger partial charge in [0, 0.05) is 28.8 Å². The van der Waals surface area contributed by atoms with E-state index < -0.39 is 0 Å². The van der Waals surface area contributed by atoms with Crippen LogP contribution in [0, 0.1) is 0 Å². The number of aromatic nitrogens is 1. The minimum absolute atomic E-state index is 0.0478. The van der Waals surface area contributed by atoms with E-state index >= 15 is 0 Å². The lowest BCUT2D eigenvalue weighted by Gasteiger charge is -2.37. The summed E-state index contributed by atoms with van der Waals surface area (Å²) >= 11 is 0. The number of ether oxygens (including phenoxy) is 4. The number of rotatable bonds is 8. The van der Waals surface area contributed by atoms with Gasteiger partial charge in [-0.3, -0.25) is 9.79 Å². The molecule has 2 N–H and O–H groups in total. The van der Waals surface area contributed by atoms with E-state index in [1.54, 1.807) is 19.2 Å². The first-order valence-corrected chi connectivity index (χ1v) is 13.1. The zero-order valence-corrected chi connectivity index (χ0v) is 22.6. The van der Waals surface area contributed by atoms with Crippen molar-refractivity contribution in [2.45, 2.75) is 44.2 Å². The molecule has 1 aromatic heterocycles. The Hall–Kier alpha value is -4.11. The Labute approximate surface area is 227 Å². The molecule has 1 saturated carbocycles. The molecule has 1 aliphatic heterocycles. The number of benzene rings is 2. The zero-order chi connectivity index (χ0) is 27.5. The fourth-order valence-corrected chi connectivity index (χ4v) is 5.41. The molecule has 2 aromatic carbocycles. The third-order valence-corrected chi connectivity index (χ3v) is 7.25. The van der Waals surface area contributed by atoms with Crippen molar-refractivity contribution in [2.75, 3.05) is 33.3 Å². The number of hydrogen-bond acceptors (Lipinski definition) is 8. The van der Waals surface area contributed by atoms with E-state index in [0.29, 0.717) is 41.7 Å². The largest absolute Gasteiger partial charge is 0.493 e. The predicted molar refractivity (Wildman–Crippen MR) is 148 cm³/mol. The summed E-state index contributed by atoms with van der Waals surface area (Å²) < 4.78 is 22.0. The molecular formula is C30H33N3O6. The lowest BCUT2D eigenvalue weighted by molar-refractivity contribution is 0.102. The van der Waals surface area contributed by atoms with Crippen LogP contribution in [0.15, 0.2) is 53.5 Å². The first-order chi connectivity index (χ1) is 18.9. The van der Waals surface area contributed by atoms with Gasteiger partial charge in [0.2, 0.25) is 11.8 Å². The molecule has 3 unspecified atom stereocenters. The summed E-state index contributed by atoms with van der Waals surface area (Å²) in [5.41, 5.74) is 4.62. The van der Waals surface area contributed by atoms with E-state index in [9.17, 15) is 9.90 Å². The Morgan fingerprint density at radius 1 is 1.03 bits per heavy atom. The molecular weight excluding hydrogens is 498 g/mol. The first kappa shape index (κ1) is 26.5. The van der Waals surface area contributed by atoms with Crippen LogP contribution in [0.1, 0.15) is 59.2 Å². The molecule has 39 heavy (non-hydrogen) atoms. The van der Waals surface area contributed by atoms with Gasteiger partial charge in [0.05, 0.1) is 45.8 Å². The van der Waals surface area contributed by atoms with E-state index in [1.807, 2.05) is 43.3 Å². The quantitative estimate of drug-likeness (QED) is 0.437. The zero-order valence-electron chi connectivity index (χ0n) is 22.6. The lowest BCUT2D eigenvalue weighted by atomic mass is 9.74. The average molecular weight is 532 g/mol. The summed E-state index contributed by atoms with van der Waals surface area (Å²) in [6.07, 6.45) is 1.82. The number of anilines is 1. The number of aliphatic imine (C=N–C) groups is 1. The molecule has 204 valence electrons.